The van der Waals surface area contributed by atoms with Gasteiger partial charge in [0.25, 0.3) is 0 Å². The first-order valence-electron chi connectivity index (χ1n) is 4.80. The fourth-order valence-electron chi connectivity index (χ4n) is 1.51. The van der Waals surface area contributed by atoms with E-state index in [1.807, 2.05) is 12.1 Å². The predicted molar refractivity (Wildman–Crippen MR) is 63.4 cm³/mol. The highest BCUT2D eigenvalue weighted by atomic mass is 35.5. The fourth-order valence-corrected chi connectivity index (χ4v) is 1.70. The molecule has 0 atom stereocenters. The molecule has 3 heteroatoms. The van der Waals surface area contributed by atoms with Crippen molar-refractivity contribution >= 4 is 11.6 Å². The fraction of sp³-hybridized carbons (Fsp3) is 0.0769. The van der Waals surface area contributed by atoms with Crippen molar-refractivity contribution in [3.63, 3.8) is 0 Å². The van der Waals surface area contributed by atoms with Gasteiger partial charge in [0, 0.05) is 5.02 Å². The molecule has 0 aliphatic heterocycles. The van der Waals surface area contributed by atoms with Crippen molar-refractivity contribution in [3.05, 3.63) is 53.3 Å². The molecule has 0 radical (unpaired) electrons. The molecule has 0 unspecified atom stereocenters. The first-order valence-corrected chi connectivity index (χ1v) is 5.18. The van der Waals surface area contributed by atoms with Gasteiger partial charge in [-0.3, -0.25) is 0 Å². The minimum absolute atomic E-state index is 0.241. The van der Waals surface area contributed by atoms with E-state index < -0.39 is 0 Å². The molecular formula is C13H10ClFO. The molecule has 0 spiro atoms. The van der Waals surface area contributed by atoms with Crippen molar-refractivity contribution in [3.8, 4) is 16.9 Å². The van der Waals surface area contributed by atoms with Crippen LogP contribution in [0, 0.1) is 5.82 Å². The number of ether oxygens (including phenoxy) is 1. The van der Waals surface area contributed by atoms with Crippen LogP contribution >= 0.6 is 11.6 Å². The maximum absolute atomic E-state index is 13.5. The smallest absolute Gasteiger partial charge is 0.165 e. The van der Waals surface area contributed by atoms with Gasteiger partial charge in [0.15, 0.2) is 11.6 Å². The summed E-state index contributed by atoms with van der Waals surface area (Å²) in [7, 11) is 1.44. The second-order valence-corrected chi connectivity index (χ2v) is 3.80. The Bertz CT molecular complexity index is 511. The Morgan fingerprint density at radius 2 is 1.81 bits per heavy atom. The van der Waals surface area contributed by atoms with Gasteiger partial charge in [-0.05, 0) is 35.4 Å². The van der Waals surface area contributed by atoms with Gasteiger partial charge in [-0.15, -0.1) is 0 Å². The van der Waals surface area contributed by atoms with E-state index in [9.17, 15) is 4.39 Å². The summed E-state index contributed by atoms with van der Waals surface area (Å²) < 4.78 is 18.3. The summed E-state index contributed by atoms with van der Waals surface area (Å²) in [4.78, 5) is 0. The Balaban J connectivity index is 2.45. The summed E-state index contributed by atoms with van der Waals surface area (Å²) in [6.07, 6.45) is 0. The highest BCUT2D eigenvalue weighted by Crippen LogP contribution is 2.26. The zero-order valence-corrected chi connectivity index (χ0v) is 9.46. The molecule has 0 aliphatic carbocycles. The second kappa shape index (κ2) is 4.54. The average Bonchev–Trinajstić information content (AvgIpc) is 2.29. The zero-order chi connectivity index (χ0) is 11.5. The second-order valence-electron chi connectivity index (χ2n) is 3.36. The zero-order valence-electron chi connectivity index (χ0n) is 8.71. The number of rotatable bonds is 2. The Labute approximate surface area is 98.4 Å². The van der Waals surface area contributed by atoms with Crippen LogP contribution in [0.4, 0.5) is 4.39 Å². The Morgan fingerprint density at radius 1 is 1.06 bits per heavy atom. The van der Waals surface area contributed by atoms with Gasteiger partial charge in [-0.25, -0.2) is 4.39 Å². The van der Waals surface area contributed by atoms with Crippen LogP contribution in [-0.2, 0) is 0 Å². The highest BCUT2D eigenvalue weighted by Gasteiger charge is 2.05. The Hall–Kier alpha value is -1.54. The van der Waals surface area contributed by atoms with Gasteiger partial charge in [0.05, 0.1) is 7.11 Å². The molecule has 0 fully saturated rings. The van der Waals surface area contributed by atoms with E-state index in [0.717, 1.165) is 11.1 Å². The first-order chi connectivity index (χ1) is 7.70. The SMILES string of the molecule is COc1ccc(-c2cccc(Cl)c2)cc1F. The van der Waals surface area contributed by atoms with Crippen molar-refractivity contribution in [1.82, 2.24) is 0 Å². The third-order valence-electron chi connectivity index (χ3n) is 2.31. The number of hydrogen-bond donors (Lipinski definition) is 0. The van der Waals surface area contributed by atoms with Crippen LogP contribution in [-0.4, -0.2) is 7.11 Å². The Kier molecular flexibility index (Phi) is 3.11. The van der Waals surface area contributed by atoms with Gasteiger partial charge in [0.2, 0.25) is 0 Å². The summed E-state index contributed by atoms with van der Waals surface area (Å²) in [5.41, 5.74) is 1.66. The third-order valence-corrected chi connectivity index (χ3v) is 2.54. The molecule has 0 amide bonds. The minimum Gasteiger partial charge on any atom is -0.494 e. The van der Waals surface area contributed by atoms with Crippen LogP contribution in [0.25, 0.3) is 11.1 Å². The third kappa shape index (κ3) is 2.17. The lowest BCUT2D eigenvalue weighted by Gasteiger charge is -2.05. The predicted octanol–water partition coefficient (Wildman–Crippen LogP) is 4.15. The van der Waals surface area contributed by atoms with Crippen molar-refractivity contribution in [1.29, 1.82) is 0 Å². The molecule has 0 N–H and O–H groups in total. The first kappa shape index (κ1) is 11.0. The van der Waals surface area contributed by atoms with Crippen molar-refractivity contribution < 1.29 is 9.13 Å². The standard InChI is InChI=1S/C13H10ClFO/c1-16-13-6-5-10(8-12(13)15)9-3-2-4-11(14)7-9/h2-8H,1H3. The molecule has 16 heavy (non-hydrogen) atoms. The molecular weight excluding hydrogens is 227 g/mol. The largest absolute Gasteiger partial charge is 0.494 e. The number of hydrogen-bond acceptors (Lipinski definition) is 1. The van der Waals surface area contributed by atoms with E-state index in [0.29, 0.717) is 5.02 Å². The molecule has 0 saturated carbocycles. The van der Waals surface area contributed by atoms with E-state index >= 15 is 0 Å². The normalized spacial score (nSPS) is 10.2. The van der Waals surface area contributed by atoms with Gasteiger partial charge < -0.3 is 4.74 Å². The summed E-state index contributed by atoms with van der Waals surface area (Å²) in [5.74, 6) is -0.134. The van der Waals surface area contributed by atoms with E-state index in [4.69, 9.17) is 16.3 Å². The molecule has 2 aromatic rings. The molecule has 82 valence electrons. The number of methoxy groups -OCH3 is 1. The molecule has 0 saturated heterocycles. The summed E-state index contributed by atoms with van der Waals surface area (Å²) in [6, 6.07) is 12.1. The van der Waals surface area contributed by atoms with E-state index in [-0.39, 0.29) is 11.6 Å². The Morgan fingerprint density at radius 3 is 2.44 bits per heavy atom. The van der Waals surface area contributed by atoms with Gasteiger partial charge in [-0.2, -0.15) is 0 Å². The minimum atomic E-state index is -0.375. The molecule has 2 rings (SSSR count). The lowest BCUT2D eigenvalue weighted by molar-refractivity contribution is 0.386. The number of benzene rings is 2. The molecule has 0 bridgehead atoms. The van der Waals surface area contributed by atoms with Crippen LogP contribution in [0.15, 0.2) is 42.5 Å². The molecule has 2 aromatic carbocycles. The van der Waals surface area contributed by atoms with E-state index in [1.165, 1.54) is 13.2 Å². The topological polar surface area (TPSA) is 9.23 Å². The average molecular weight is 237 g/mol. The van der Waals surface area contributed by atoms with Crippen LogP contribution in [0.3, 0.4) is 0 Å². The van der Waals surface area contributed by atoms with Gasteiger partial charge in [-0.1, -0.05) is 29.8 Å². The molecule has 0 aromatic heterocycles. The monoisotopic (exact) mass is 236 g/mol. The summed E-state index contributed by atoms with van der Waals surface area (Å²) in [5, 5.41) is 0.633. The van der Waals surface area contributed by atoms with Crippen molar-refractivity contribution in [2.24, 2.45) is 0 Å². The maximum Gasteiger partial charge on any atom is 0.165 e. The van der Waals surface area contributed by atoms with Crippen molar-refractivity contribution in [2.75, 3.05) is 7.11 Å². The van der Waals surface area contributed by atoms with E-state index in [2.05, 4.69) is 0 Å². The van der Waals surface area contributed by atoms with Crippen LogP contribution in [0.5, 0.6) is 5.75 Å². The molecule has 1 nitrogen and oxygen atoms in total. The van der Waals surface area contributed by atoms with Gasteiger partial charge in [0.1, 0.15) is 0 Å². The van der Waals surface area contributed by atoms with Crippen LogP contribution in [0.2, 0.25) is 5.02 Å². The highest BCUT2D eigenvalue weighted by molar-refractivity contribution is 6.30. The summed E-state index contributed by atoms with van der Waals surface area (Å²) >= 11 is 5.87. The lowest BCUT2D eigenvalue weighted by Crippen LogP contribution is -1.88. The molecule has 0 heterocycles. The lowest BCUT2D eigenvalue weighted by atomic mass is 10.1. The number of halogens is 2. The van der Waals surface area contributed by atoms with Crippen molar-refractivity contribution in [2.45, 2.75) is 0 Å². The summed E-state index contributed by atoms with van der Waals surface area (Å²) in [6.45, 7) is 0. The van der Waals surface area contributed by atoms with Gasteiger partial charge >= 0.3 is 0 Å². The van der Waals surface area contributed by atoms with Crippen LogP contribution in [0.1, 0.15) is 0 Å². The van der Waals surface area contributed by atoms with E-state index in [1.54, 1.807) is 24.3 Å². The maximum atomic E-state index is 13.5. The quantitative estimate of drug-likeness (QED) is 0.761. The molecule has 0 aliphatic rings. The van der Waals surface area contributed by atoms with Crippen LogP contribution < -0.4 is 4.74 Å².